The van der Waals surface area contributed by atoms with E-state index in [-0.39, 0.29) is 0 Å². The van der Waals surface area contributed by atoms with Crippen molar-refractivity contribution in [3.8, 4) is 0 Å². The molecule has 3 aliphatic heterocycles. The highest BCUT2D eigenvalue weighted by Crippen LogP contribution is 2.27. The summed E-state index contributed by atoms with van der Waals surface area (Å²) < 4.78 is 11.8. The van der Waals surface area contributed by atoms with Crippen LogP contribution in [0.25, 0.3) is 0 Å². The van der Waals surface area contributed by atoms with Gasteiger partial charge in [-0.05, 0) is 44.3 Å². The standard InChI is InChI=1S/C18H33N3O3S/c1-19-17(20-13-18(22)7-11-25-14-18)21-8-5-15(6-9-21)24-12-16-4-2-3-10-23-16/h15-16,22H,2-14H2,1H3,(H,19,20). The van der Waals surface area contributed by atoms with Gasteiger partial charge in [0.05, 0.1) is 24.4 Å². The SMILES string of the molecule is CN=C(NCC1(O)CCSC1)N1CCC(OCC2CCCCO2)CC1. The molecule has 3 aliphatic rings. The van der Waals surface area contributed by atoms with E-state index >= 15 is 0 Å². The van der Waals surface area contributed by atoms with Gasteiger partial charge in [-0.1, -0.05) is 0 Å². The van der Waals surface area contributed by atoms with Crippen LogP contribution >= 0.6 is 11.8 Å². The molecule has 3 rings (SSSR count). The highest BCUT2D eigenvalue weighted by Gasteiger charge is 2.32. The molecule has 144 valence electrons. The predicted octanol–water partition coefficient (Wildman–Crippen LogP) is 1.48. The van der Waals surface area contributed by atoms with Crippen molar-refractivity contribution in [2.45, 2.75) is 56.3 Å². The number of aliphatic imine (C=N–C) groups is 1. The average molecular weight is 372 g/mol. The van der Waals surface area contributed by atoms with Crippen LogP contribution in [0.15, 0.2) is 4.99 Å². The van der Waals surface area contributed by atoms with E-state index in [1.807, 2.05) is 18.8 Å². The molecule has 0 aromatic rings. The van der Waals surface area contributed by atoms with Crippen molar-refractivity contribution in [1.29, 1.82) is 0 Å². The van der Waals surface area contributed by atoms with Crippen molar-refractivity contribution in [3.05, 3.63) is 0 Å². The van der Waals surface area contributed by atoms with E-state index in [0.717, 1.165) is 69.5 Å². The molecule has 3 fully saturated rings. The summed E-state index contributed by atoms with van der Waals surface area (Å²) in [5.74, 6) is 2.76. The number of guanidine groups is 1. The van der Waals surface area contributed by atoms with E-state index in [0.29, 0.717) is 18.8 Å². The summed E-state index contributed by atoms with van der Waals surface area (Å²) in [5, 5.41) is 13.9. The number of likely N-dealkylation sites (tertiary alicyclic amines) is 1. The largest absolute Gasteiger partial charge is 0.387 e. The molecular formula is C18H33N3O3S. The van der Waals surface area contributed by atoms with E-state index < -0.39 is 5.60 Å². The Morgan fingerprint density at radius 2 is 2.20 bits per heavy atom. The Kier molecular flexibility index (Phi) is 7.28. The summed E-state index contributed by atoms with van der Waals surface area (Å²) in [6.45, 7) is 4.11. The minimum atomic E-state index is -0.581. The maximum atomic E-state index is 10.5. The molecule has 0 bridgehead atoms. The Morgan fingerprint density at radius 1 is 1.36 bits per heavy atom. The molecule has 0 radical (unpaired) electrons. The van der Waals surface area contributed by atoms with Crippen molar-refractivity contribution < 1.29 is 14.6 Å². The normalized spacial score (nSPS) is 32.2. The van der Waals surface area contributed by atoms with Crippen molar-refractivity contribution in [1.82, 2.24) is 10.2 Å². The molecular weight excluding hydrogens is 338 g/mol. The fraction of sp³-hybridized carbons (Fsp3) is 0.944. The van der Waals surface area contributed by atoms with E-state index in [4.69, 9.17) is 9.47 Å². The first-order valence-electron chi connectivity index (χ1n) is 9.67. The van der Waals surface area contributed by atoms with Crippen LogP contribution in [0.5, 0.6) is 0 Å². The van der Waals surface area contributed by atoms with Gasteiger partial charge < -0.3 is 24.8 Å². The van der Waals surface area contributed by atoms with Gasteiger partial charge >= 0.3 is 0 Å². The van der Waals surface area contributed by atoms with Crippen molar-refractivity contribution >= 4 is 17.7 Å². The van der Waals surface area contributed by atoms with Crippen LogP contribution in [0.3, 0.4) is 0 Å². The predicted molar refractivity (Wildman–Crippen MR) is 102 cm³/mol. The Morgan fingerprint density at radius 3 is 2.84 bits per heavy atom. The zero-order valence-corrected chi connectivity index (χ0v) is 16.2. The summed E-state index contributed by atoms with van der Waals surface area (Å²) in [4.78, 5) is 6.68. The third-order valence-electron chi connectivity index (χ3n) is 5.40. The summed E-state index contributed by atoms with van der Waals surface area (Å²) in [6.07, 6.45) is 7.12. The van der Waals surface area contributed by atoms with Crippen LogP contribution < -0.4 is 5.32 Å². The van der Waals surface area contributed by atoms with E-state index in [9.17, 15) is 5.11 Å². The Hall–Kier alpha value is -0.500. The lowest BCUT2D eigenvalue weighted by Crippen LogP contribution is -2.51. The van der Waals surface area contributed by atoms with Gasteiger partial charge in [0.15, 0.2) is 5.96 Å². The maximum Gasteiger partial charge on any atom is 0.193 e. The third-order valence-corrected chi connectivity index (χ3v) is 6.64. The Bertz CT molecular complexity index is 429. The lowest BCUT2D eigenvalue weighted by Gasteiger charge is -2.35. The molecule has 3 heterocycles. The monoisotopic (exact) mass is 371 g/mol. The highest BCUT2D eigenvalue weighted by atomic mass is 32.2. The number of piperidine rings is 1. The lowest BCUT2D eigenvalue weighted by molar-refractivity contribution is -0.0721. The fourth-order valence-electron chi connectivity index (χ4n) is 3.73. The molecule has 25 heavy (non-hydrogen) atoms. The quantitative estimate of drug-likeness (QED) is 0.564. The molecule has 7 heteroatoms. The molecule has 2 atom stereocenters. The van der Waals surface area contributed by atoms with Gasteiger partial charge in [0.2, 0.25) is 0 Å². The van der Waals surface area contributed by atoms with Crippen LogP contribution in [0.4, 0.5) is 0 Å². The van der Waals surface area contributed by atoms with E-state index in [2.05, 4.69) is 15.2 Å². The van der Waals surface area contributed by atoms with Gasteiger partial charge in [-0.3, -0.25) is 4.99 Å². The van der Waals surface area contributed by atoms with Crippen molar-refractivity contribution in [2.24, 2.45) is 4.99 Å². The Balaban J connectivity index is 1.36. The molecule has 0 spiro atoms. The van der Waals surface area contributed by atoms with Gasteiger partial charge in [-0.25, -0.2) is 0 Å². The van der Waals surface area contributed by atoms with Gasteiger partial charge in [0.1, 0.15) is 0 Å². The first kappa shape index (κ1) is 19.3. The first-order chi connectivity index (χ1) is 12.2. The van der Waals surface area contributed by atoms with E-state index in [1.54, 1.807) is 0 Å². The minimum absolute atomic E-state index is 0.297. The average Bonchev–Trinajstić information content (AvgIpc) is 3.09. The number of hydrogen-bond acceptors (Lipinski definition) is 5. The van der Waals surface area contributed by atoms with Crippen molar-refractivity contribution in [3.63, 3.8) is 0 Å². The Labute approximate surface area is 155 Å². The number of aliphatic hydroxyl groups is 1. The summed E-state index contributed by atoms with van der Waals surface area (Å²) in [7, 11) is 1.82. The summed E-state index contributed by atoms with van der Waals surface area (Å²) >= 11 is 1.82. The molecule has 6 nitrogen and oxygen atoms in total. The second-order valence-electron chi connectivity index (χ2n) is 7.44. The van der Waals surface area contributed by atoms with Crippen LogP contribution in [-0.2, 0) is 9.47 Å². The minimum Gasteiger partial charge on any atom is -0.387 e. The molecule has 0 aromatic carbocycles. The number of ether oxygens (including phenoxy) is 2. The molecule has 3 saturated heterocycles. The number of hydrogen-bond donors (Lipinski definition) is 2. The van der Waals surface area contributed by atoms with Crippen LogP contribution in [-0.4, -0.2) is 85.2 Å². The van der Waals surface area contributed by atoms with E-state index in [1.165, 1.54) is 12.8 Å². The zero-order valence-electron chi connectivity index (χ0n) is 15.4. The molecule has 0 aromatic heterocycles. The molecule has 2 N–H and O–H groups in total. The summed E-state index contributed by atoms with van der Waals surface area (Å²) in [6, 6.07) is 0. The third kappa shape index (κ3) is 5.74. The topological polar surface area (TPSA) is 66.3 Å². The first-order valence-corrected chi connectivity index (χ1v) is 10.8. The molecule has 0 amide bonds. The summed E-state index contributed by atoms with van der Waals surface area (Å²) in [5.41, 5.74) is -0.581. The number of rotatable bonds is 5. The van der Waals surface area contributed by atoms with Gasteiger partial charge in [-0.2, -0.15) is 11.8 Å². The van der Waals surface area contributed by atoms with Crippen LogP contribution in [0.2, 0.25) is 0 Å². The number of nitrogens with one attached hydrogen (secondary N) is 1. The van der Waals surface area contributed by atoms with Gasteiger partial charge in [-0.15, -0.1) is 0 Å². The highest BCUT2D eigenvalue weighted by molar-refractivity contribution is 7.99. The second-order valence-corrected chi connectivity index (χ2v) is 8.54. The molecule has 0 aliphatic carbocycles. The van der Waals surface area contributed by atoms with Crippen LogP contribution in [0, 0.1) is 0 Å². The van der Waals surface area contributed by atoms with Gasteiger partial charge in [0.25, 0.3) is 0 Å². The number of nitrogens with zero attached hydrogens (tertiary/aromatic N) is 2. The fourth-order valence-corrected chi connectivity index (χ4v) is 5.02. The smallest absolute Gasteiger partial charge is 0.193 e. The van der Waals surface area contributed by atoms with Crippen LogP contribution in [0.1, 0.15) is 38.5 Å². The second kappa shape index (κ2) is 9.44. The molecule has 2 unspecified atom stereocenters. The zero-order chi connectivity index (χ0) is 17.5. The lowest BCUT2D eigenvalue weighted by atomic mass is 10.0. The van der Waals surface area contributed by atoms with Gasteiger partial charge in [0, 0.05) is 39.0 Å². The van der Waals surface area contributed by atoms with Crippen molar-refractivity contribution in [2.75, 3.05) is 51.4 Å². The molecule has 0 saturated carbocycles. The maximum absolute atomic E-state index is 10.5. The number of thioether (sulfide) groups is 1.